The molecule has 246 valence electrons. The number of benzene rings is 2. The van der Waals surface area contributed by atoms with Crippen molar-refractivity contribution < 1.29 is 32.3 Å². The number of thioether (sulfide) groups is 1. The molecule has 3 aromatic rings. The van der Waals surface area contributed by atoms with Crippen molar-refractivity contribution >= 4 is 58.1 Å². The van der Waals surface area contributed by atoms with Crippen LogP contribution in [-0.2, 0) is 20.6 Å². The highest BCUT2D eigenvalue weighted by Crippen LogP contribution is 2.69. The van der Waals surface area contributed by atoms with E-state index in [1.54, 1.807) is 23.1 Å². The lowest BCUT2D eigenvalue weighted by molar-refractivity contribution is -0.137. The fraction of sp³-hybridized carbons (Fsp3) is 0.455. The van der Waals surface area contributed by atoms with Gasteiger partial charge in [-0.3, -0.25) is 24.1 Å². The van der Waals surface area contributed by atoms with Gasteiger partial charge in [0.2, 0.25) is 11.8 Å². The lowest BCUT2D eigenvalue weighted by Gasteiger charge is -2.43. The number of aromatic amines is 1. The summed E-state index contributed by atoms with van der Waals surface area (Å²) in [5, 5.41) is 0.985. The number of imide groups is 1. The third-order valence-corrected chi connectivity index (χ3v) is 13.3. The Morgan fingerprint density at radius 1 is 1.00 bits per heavy atom. The third kappa shape index (κ3) is 5.02. The lowest BCUT2D eigenvalue weighted by Crippen LogP contribution is -2.43. The summed E-state index contributed by atoms with van der Waals surface area (Å²) in [7, 11) is 0. The molecule has 4 heterocycles. The number of aromatic nitrogens is 1. The summed E-state index contributed by atoms with van der Waals surface area (Å²) in [6, 6.07) is 9.53. The van der Waals surface area contributed by atoms with E-state index in [4.69, 9.17) is 16.3 Å². The Labute approximate surface area is 280 Å². The normalized spacial score (nSPS) is 29.6. The van der Waals surface area contributed by atoms with E-state index in [1.807, 2.05) is 0 Å². The highest BCUT2D eigenvalue weighted by molar-refractivity contribution is 8.00. The minimum Gasteiger partial charge on any atom is -0.483 e. The summed E-state index contributed by atoms with van der Waals surface area (Å²) in [5.41, 5.74) is -0.310. The Kier molecular flexibility index (Phi) is 7.53. The first kappa shape index (κ1) is 31.0. The first-order valence-corrected chi connectivity index (χ1v) is 17.7. The van der Waals surface area contributed by atoms with E-state index >= 15 is 0 Å². The molecule has 2 aliphatic carbocycles. The second-order valence-corrected chi connectivity index (χ2v) is 15.6. The standard InChI is InChI=1S/C33H29ClF3N3O5S2/c34-16-7-8-21(45-14-22(41)39-9-2-1-3-10-39)18(12-16)23-24-19-13-20(27(24)46-29-28(23)47-32(44)38-29)26-25(19)30(42)40(31(26)43)17-6-4-5-15(11-17)33(35,36)37/h4-8,11-12,19-20,23-27H,1-3,9-10,13-14H2,(H,38,44)/t19-,20-,23+,24-,25+,26+,27-/m1/s1. The smallest absolute Gasteiger partial charge is 0.416 e. The van der Waals surface area contributed by atoms with E-state index in [0.717, 1.165) is 52.5 Å². The molecular formula is C33H29ClF3N3O5S2. The van der Waals surface area contributed by atoms with E-state index < -0.39 is 41.3 Å². The van der Waals surface area contributed by atoms with Crippen LogP contribution in [0, 0.1) is 29.6 Å². The molecule has 4 fully saturated rings. The first-order chi connectivity index (χ1) is 22.5. The number of thiazole rings is 1. The van der Waals surface area contributed by atoms with Crippen LogP contribution in [0.2, 0.25) is 5.02 Å². The topological polar surface area (TPSA) is 99.8 Å². The largest absolute Gasteiger partial charge is 0.483 e. The number of hydrogen-bond acceptors (Lipinski definition) is 7. The average Bonchev–Trinajstić information content (AvgIpc) is 3.79. The maximum absolute atomic E-state index is 14.0. The zero-order valence-electron chi connectivity index (χ0n) is 24.8. The van der Waals surface area contributed by atoms with E-state index in [-0.39, 0.29) is 46.1 Å². The number of carbonyl (C=O) groups is 3. The molecule has 1 aromatic heterocycles. The van der Waals surface area contributed by atoms with Gasteiger partial charge in [-0.2, -0.15) is 13.2 Å². The number of alkyl halides is 3. The average molecular weight is 704 g/mol. The maximum atomic E-state index is 14.0. The van der Waals surface area contributed by atoms with Gasteiger partial charge in [-0.1, -0.05) is 29.0 Å². The van der Waals surface area contributed by atoms with Gasteiger partial charge in [0.25, 0.3) is 5.91 Å². The van der Waals surface area contributed by atoms with Crippen molar-refractivity contribution in [3.63, 3.8) is 0 Å². The summed E-state index contributed by atoms with van der Waals surface area (Å²) in [4.78, 5) is 59.9. The van der Waals surface area contributed by atoms with Gasteiger partial charge in [0.15, 0.2) is 6.61 Å². The first-order valence-electron chi connectivity index (χ1n) is 15.7. The van der Waals surface area contributed by atoms with Crippen LogP contribution in [0.4, 0.5) is 18.9 Å². The van der Waals surface area contributed by atoms with E-state index in [1.165, 1.54) is 23.9 Å². The molecule has 0 radical (unpaired) electrons. The quantitative estimate of drug-likeness (QED) is 0.319. The van der Waals surface area contributed by atoms with Crippen LogP contribution in [-0.4, -0.2) is 52.6 Å². The van der Waals surface area contributed by atoms with Crippen molar-refractivity contribution in [2.45, 2.75) is 48.1 Å². The van der Waals surface area contributed by atoms with E-state index in [0.29, 0.717) is 40.9 Å². The Balaban J connectivity index is 1.15. The molecule has 2 bridgehead atoms. The SMILES string of the molecule is O=C(COc1ccc(Cl)cc1[C@@H]1c2sc(=O)[nH]c2S[C@@H]2[C@@H]3C[C@@H]([C@@H]4C(=O)N(c5cccc(C(F)(F)F)c5)C(=O)[C@@H]34)[C@H]12)N1CCCCC1. The van der Waals surface area contributed by atoms with Crippen LogP contribution < -0.4 is 14.5 Å². The van der Waals surface area contributed by atoms with Crippen molar-refractivity contribution in [1.82, 2.24) is 9.88 Å². The molecule has 5 aliphatic rings. The number of piperidine rings is 1. The number of likely N-dealkylation sites (tertiary alicyclic amines) is 1. The van der Waals surface area contributed by atoms with Gasteiger partial charge < -0.3 is 14.6 Å². The summed E-state index contributed by atoms with van der Waals surface area (Å²) < 4.78 is 46.8. The van der Waals surface area contributed by atoms with Crippen molar-refractivity contribution in [2.24, 2.45) is 29.6 Å². The molecule has 0 unspecified atom stereocenters. The Bertz CT molecular complexity index is 1860. The van der Waals surface area contributed by atoms with Crippen molar-refractivity contribution in [2.75, 3.05) is 24.6 Å². The van der Waals surface area contributed by atoms with Gasteiger partial charge in [0.1, 0.15) is 5.75 Å². The minimum atomic E-state index is -4.63. The number of anilines is 1. The van der Waals surface area contributed by atoms with Crippen molar-refractivity contribution in [3.8, 4) is 5.75 Å². The molecule has 14 heteroatoms. The molecule has 7 atom stereocenters. The van der Waals surface area contributed by atoms with Crippen LogP contribution in [0.1, 0.15) is 47.6 Å². The van der Waals surface area contributed by atoms with Crippen LogP contribution in [0.3, 0.4) is 0 Å². The van der Waals surface area contributed by atoms with Gasteiger partial charge in [0, 0.05) is 39.7 Å². The lowest BCUT2D eigenvalue weighted by atomic mass is 9.68. The highest BCUT2D eigenvalue weighted by atomic mass is 35.5. The molecule has 3 aliphatic heterocycles. The van der Waals surface area contributed by atoms with Crippen molar-refractivity contribution in [1.29, 1.82) is 0 Å². The van der Waals surface area contributed by atoms with Gasteiger partial charge >= 0.3 is 11.0 Å². The predicted molar refractivity (Wildman–Crippen MR) is 170 cm³/mol. The number of H-pyrrole nitrogens is 1. The molecule has 8 nitrogen and oxygen atoms in total. The highest BCUT2D eigenvalue weighted by Gasteiger charge is 2.70. The number of nitrogens with zero attached hydrogens (tertiary/aromatic N) is 2. The molecule has 2 saturated carbocycles. The molecule has 0 spiro atoms. The number of ether oxygens (including phenoxy) is 1. The zero-order chi connectivity index (χ0) is 32.8. The second-order valence-electron chi connectivity index (χ2n) is 12.9. The molecule has 8 rings (SSSR count). The molecule has 2 saturated heterocycles. The monoisotopic (exact) mass is 703 g/mol. The summed E-state index contributed by atoms with van der Waals surface area (Å²) in [6.45, 7) is 1.22. The summed E-state index contributed by atoms with van der Waals surface area (Å²) >= 11 is 9.14. The Morgan fingerprint density at radius 2 is 1.74 bits per heavy atom. The van der Waals surface area contributed by atoms with Crippen LogP contribution in [0.5, 0.6) is 5.75 Å². The van der Waals surface area contributed by atoms with Gasteiger partial charge in [-0.25, -0.2) is 0 Å². The fourth-order valence-electron chi connectivity index (χ4n) is 8.71. The second kappa shape index (κ2) is 11.4. The number of nitrogens with one attached hydrogen (secondary N) is 1. The predicted octanol–water partition coefficient (Wildman–Crippen LogP) is 6.18. The molecule has 2 aromatic carbocycles. The molecule has 3 amide bonds. The molecule has 47 heavy (non-hydrogen) atoms. The third-order valence-electron chi connectivity index (χ3n) is 10.5. The zero-order valence-corrected chi connectivity index (χ0v) is 27.2. The number of rotatable bonds is 5. The van der Waals surface area contributed by atoms with Crippen LogP contribution >= 0.6 is 34.7 Å². The fourth-order valence-corrected chi connectivity index (χ4v) is 11.8. The van der Waals surface area contributed by atoms with E-state index in [9.17, 15) is 32.3 Å². The van der Waals surface area contributed by atoms with Crippen LogP contribution in [0.15, 0.2) is 52.3 Å². The minimum absolute atomic E-state index is 0.0804. The number of halogens is 4. The number of hydrogen-bond donors (Lipinski definition) is 1. The van der Waals surface area contributed by atoms with E-state index in [2.05, 4.69) is 4.98 Å². The molecule has 1 N–H and O–H groups in total. The van der Waals surface area contributed by atoms with Crippen molar-refractivity contribution in [3.05, 3.63) is 73.2 Å². The molecular weight excluding hydrogens is 675 g/mol. The number of amides is 3. The summed E-state index contributed by atoms with van der Waals surface area (Å²) in [6.07, 6.45) is -1.03. The number of carbonyl (C=O) groups excluding carboxylic acids is 3. The van der Waals surface area contributed by atoms with Gasteiger partial charge in [-0.05, 0) is 79.8 Å². The maximum Gasteiger partial charge on any atom is 0.416 e. The van der Waals surface area contributed by atoms with Gasteiger partial charge in [-0.15, -0.1) is 11.8 Å². The van der Waals surface area contributed by atoms with Gasteiger partial charge in [0.05, 0.1) is 28.1 Å². The Hall–Kier alpha value is -3.29. The number of fused-ring (bicyclic) bond motifs is 9. The Morgan fingerprint density at radius 3 is 2.49 bits per heavy atom. The van der Waals surface area contributed by atoms with Crippen LogP contribution in [0.25, 0.3) is 0 Å². The summed E-state index contributed by atoms with van der Waals surface area (Å²) in [5.74, 6) is -3.09.